The number of benzene rings is 1. The number of nitrogens with one attached hydrogen (secondary N) is 1. The molecule has 114 valence electrons. The van der Waals surface area contributed by atoms with Gasteiger partial charge in [-0.1, -0.05) is 19.1 Å². The van der Waals surface area contributed by atoms with E-state index in [2.05, 4.69) is 5.32 Å². The van der Waals surface area contributed by atoms with E-state index < -0.39 is 6.04 Å². The van der Waals surface area contributed by atoms with Crippen LogP contribution in [0.25, 0.3) is 0 Å². The van der Waals surface area contributed by atoms with Crippen molar-refractivity contribution in [3.63, 3.8) is 0 Å². The van der Waals surface area contributed by atoms with Crippen LogP contribution in [0.3, 0.4) is 0 Å². The SMILES string of the molecule is CCC(C)N1C(=O)CC(Nc2cccc(COC)c2)C1=O. The largest absolute Gasteiger partial charge is 0.380 e. The number of nitrogens with zero attached hydrogens (tertiary/aromatic N) is 1. The normalized spacial score (nSPS) is 20.0. The number of carbonyl (C=O) groups is 2. The Morgan fingerprint density at radius 2 is 2.19 bits per heavy atom. The van der Waals surface area contributed by atoms with Crippen molar-refractivity contribution in [2.45, 2.75) is 45.4 Å². The fraction of sp³-hybridized carbons (Fsp3) is 0.500. The van der Waals surface area contributed by atoms with Gasteiger partial charge in [0, 0.05) is 18.8 Å². The fourth-order valence-corrected chi connectivity index (χ4v) is 2.53. The molecule has 1 saturated heterocycles. The molecule has 1 fully saturated rings. The van der Waals surface area contributed by atoms with Gasteiger partial charge >= 0.3 is 0 Å². The molecule has 0 bridgehead atoms. The van der Waals surface area contributed by atoms with Crippen LogP contribution < -0.4 is 5.32 Å². The highest BCUT2D eigenvalue weighted by Gasteiger charge is 2.40. The Morgan fingerprint density at radius 1 is 1.43 bits per heavy atom. The predicted octanol–water partition coefficient (Wildman–Crippen LogP) is 2.17. The molecule has 0 spiro atoms. The summed E-state index contributed by atoms with van der Waals surface area (Å²) >= 11 is 0. The number of carbonyl (C=O) groups excluding carboxylic acids is 2. The zero-order valence-corrected chi connectivity index (χ0v) is 12.8. The van der Waals surface area contributed by atoms with Crippen LogP contribution in [0.5, 0.6) is 0 Å². The first-order valence-electron chi connectivity index (χ1n) is 7.27. The summed E-state index contributed by atoms with van der Waals surface area (Å²) < 4.78 is 5.10. The Bertz CT molecular complexity index is 530. The molecule has 5 heteroatoms. The van der Waals surface area contributed by atoms with Crippen LogP contribution in [0.15, 0.2) is 24.3 Å². The zero-order valence-electron chi connectivity index (χ0n) is 12.8. The number of imide groups is 1. The number of hydrogen-bond acceptors (Lipinski definition) is 4. The summed E-state index contributed by atoms with van der Waals surface area (Å²) in [7, 11) is 1.64. The van der Waals surface area contributed by atoms with Crippen LogP contribution in [-0.2, 0) is 20.9 Å². The molecule has 1 aliphatic rings. The molecule has 1 N–H and O–H groups in total. The molecule has 0 aliphatic carbocycles. The van der Waals surface area contributed by atoms with Gasteiger partial charge in [-0.15, -0.1) is 0 Å². The summed E-state index contributed by atoms with van der Waals surface area (Å²) in [6.45, 7) is 4.39. The molecule has 1 aromatic rings. The number of anilines is 1. The van der Waals surface area contributed by atoms with E-state index in [0.29, 0.717) is 6.61 Å². The van der Waals surface area contributed by atoms with Gasteiger partial charge in [0.05, 0.1) is 13.0 Å². The summed E-state index contributed by atoms with van der Waals surface area (Å²) in [6, 6.07) is 7.18. The zero-order chi connectivity index (χ0) is 15.4. The summed E-state index contributed by atoms with van der Waals surface area (Å²) in [5, 5.41) is 3.16. The van der Waals surface area contributed by atoms with Crippen molar-refractivity contribution in [2.75, 3.05) is 12.4 Å². The van der Waals surface area contributed by atoms with Crippen LogP contribution in [-0.4, -0.2) is 35.9 Å². The minimum absolute atomic E-state index is 0.0448. The molecular formula is C16H22N2O3. The van der Waals surface area contributed by atoms with E-state index in [-0.39, 0.29) is 24.3 Å². The van der Waals surface area contributed by atoms with Gasteiger partial charge < -0.3 is 10.1 Å². The third kappa shape index (κ3) is 3.42. The van der Waals surface area contributed by atoms with Crippen molar-refractivity contribution in [3.05, 3.63) is 29.8 Å². The van der Waals surface area contributed by atoms with Crippen LogP contribution in [0.4, 0.5) is 5.69 Å². The van der Waals surface area contributed by atoms with E-state index in [9.17, 15) is 9.59 Å². The molecule has 1 aromatic carbocycles. The lowest BCUT2D eigenvalue weighted by atomic mass is 10.1. The van der Waals surface area contributed by atoms with E-state index in [1.807, 2.05) is 38.1 Å². The van der Waals surface area contributed by atoms with Gasteiger partial charge in [-0.2, -0.15) is 0 Å². The van der Waals surface area contributed by atoms with Crippen LogP contribution in [0, 0.1) is 0 Å². The van der Waals surface area contributed by atoms with Crippen molar-refractivity contribution < 1.29 is 14.3 Å². The molecule has 0 aromatic heterocycles. The Labute approximate surface area is 125 Å². The summed E-state index contributed by atoms with van der Waals surface area (Å²) in [5.41, 5.74) is 1.86. The number of methoxy groups -OCH3 is 1. The van der Waals surface area contributed by atoms with Crippen LogP contribution in [0.1, 0.15) is 32.3 Å². The topological polar surface area (TPSA) is 58.6 Å². The Kier molecular flexibility index (Phi) is 4.96. The molecule has 0 saturated carbocycles. The third-order valence-electron chi connectivity index (χ3n) is 3.79. The average molecular weight is 290 g/mol. The van der Waals surface area contributed by atoms with Gasteiger partial charge in [-0.25, -0.2) is 0 Å². The molecule has 1 heterocycles. The van der Waals surface area contributed by atoms with E-state index in [1.165, 1.54) is 4.90 Å². The molecule has 2 amide bonds. The van der Waals surface area contributed by atoms with Crippen LogP contribution >= 0.6 is 0 Å². The first kappa shape index (κ1) is 15.5. The maximum absolute atomic E-state index is 12.3. The number of likely N-dealkylation sites (tertiary alicyclic amines) is 1. The van der Waals surface area contributed by atoms with E-state index >= 15 is 0 Å². The van der Waals surface area contributed by atoms with Gasteiger partial charge in [-0.05, 0) is 31.0 Å². The van der Waals surface area contributed by atoms with Crippen molar-refractivity contribution in [1.29, 1.82) is 0 Å². The molecule has 2 atom stereocenters. The lowest BCUT2D eigenvalue weighted by Gasteiger charge is -2.22. The molecule has 2 unspecified atom stereocenters. The lowest BCUT2D eigenvalue weighted by Crippen LogP contribution is -2.40. The Balaban J connectivity index is 2.08. The van der Waals surface area contributed by atoms with Crippen molar-refractivity contribution in [1.82, 2.24) is 4.90 Å². The number of amides is 2. The van der Waals surface area contributed by atoms with Crippen molar-refractivity contribution in [2.24, 2.45) is 0 Å². The van der Waals surface area contributed by atoms with Gasteiger partial charge in [0.15, 0.2) is 0 Å². The minimum atomic E-state index is -0.468. The monoisotopic (exact) mass is 290 g/mol. The molecule has 21 heavy (non-hydrogen) atoms. The van der Waals surface area contributed by atoms with Crippen LogP contribution in [0.2, 0.25) is 0 Å². The quantitative estimate of drug-likeness (QED) is 0.816. The highest BCUT2D eigenvalue weighted by atomic mass is 16.5. The Hall–Kier alpha value is -1.88. The second-order valence-electron chi connectivity index (χ2n) is 5.39. The lowest BCUT2D eigenvalue weighted by molar-refractivity contribution is -0.140. The van der Waals surface area contributed by atoms with Gasteiger partial charge in [-0.3, -0.25) is 14.5 Å². The molecule has 0 radical (unpaired) electrons. The van der Waals surface area contributed by atoms with E-state index in [0.717, 1.165) is 17.7 Å². The van der Waals surface area contributed by atoms with Gasteiger partial charge in [0.25, 0.3) is 5.91 Å². The van der Waals surface area contributed by atoms with Crippen molar-refractivity contribution in [3.8, 4) is 0 Å². The standard InChI is InChI=1S/C16H22N2O3/c1-4-11(2)18-15(19)9-14(16(18)20)17-13-7-5-6-12(8-13)10-21-3/h5-8,11,14,17H,4,9-10H2,1-3H3. The number of rotatable bonds is 6. The van der Waals surface area contributed by atoms with Gasteiger partial charge in [0.2, 0.25) is 5.91 Å². The number of hydrogen-bond donors (Lipinski definition) is 1. The maximum atomic E-state index is 12.3. The van der Waals surface area contributed by atoms with E-state index in [4.69, 9.17) is 4.74 Å². The fourth-order valence-electron chi connectivity index (χ4n) is 2.53. The predicted molar refractivity (Wildman–Crippen MR) is 80.8 cm³/mol. The highest BCUT2D eigenvalue weighted by molar-refractivity contribution is 6.07. The van der Waals surface area contributed by atoms with E-state index in [1.54, 1.807) is 7.11 Å². The summed E-state index contributed by atoms with van der Waals surface area (Å²) in [4.78, 5) is 25.7. The highest BCUT2D eigenvalue weighted by Crippen LogP contribution is 2.22. The van der Waals surface area contributed by atoms with Crippen molar-refractivity contribution >= 4 is 17.5 Å². The second kappa shape index (κ2) is 6.72. The minimum Gasteiger partial charge on any atom is -0.380 e. The first-order chi connectivity index (χ1) is 10.1. The first-order valence-corrected chi connectivity index (χ1v) is 7.27. The maximum Gasteiger partial charge on any atom is 0.252 e. The molecule has 1 aliphatic heterocycles. The average Bonchev–Trinajstić information content (AvgIpc) is 2.73. The smallest absolute Gasteiger partial charge is 0.252 e. The Morgan fingerprint density at radius 3 is 2.86 bits per heavy atom. The summed E-state index contributed by atoms with van der Waals surface area (Å²) in [6.07, 6.45) is 0.991. The van der Waals surface area contributed by atoms with Gasteiger partial charge in [0.1, 0.15) is 6.04 Å². The molecule has 2 rings (SSSR count). The molecular weight excluding hydrogens is 268 g/mol. The third-order valence-corrected chi connectivity index (χ3v) is 3.79. The summed E-state index contributed by atoms with van der Waals surface area (Å²) in [5.74, 6) is -0.230. The second-order valence-corrected chi connectivity index (χ2v) is 5.39. The number of ether oxygens (including phenoxy) is 1. The molecule has 5 nitrogen and oxygen atoms in total.